The molecule has 0 atom stereocenters. The number of aromatic nitrogens is 2. The fourth-order valence-corrected chi connectivity index (χ4v) is 1.36. The Hall–Kier alpha value is -1.39. The molecule has 0 aromatic carbocycles. The van der Waals surface area contributed by atoms with Gasteiger partial charge in [0, 0.05) is 6.42 Å². The van der Waals surface area contributed by atoms with Crippen molar-refractivity contribution in [3.05, 3.63) is 11.7 Å². The first kappa shape index (κ1) is 10.1. The number of esters is 1. The first-order valence-electron chi connectivity index (χ1n) is 5.25. The highest BCUT2D eigenvalue weighted by Crippen LogP contribution is 2.31. The van der Waals surface area contributed by atoms with Crippen LogP contribution in [-0.4, -0.2) is 22.7 Å². The Morgan fingerprint density at radius 2 is 2.40 bits per heavy atom. The molecule has 0 bridgehead atoms. The summed E-state index contributed by atoms with van der Waals surface area (Å²) in [6, 6.07) is 0. The maximum Gasteiger partial charge on any atom is 0.315 e. The summed E-state index contributed by atoms with van der Waals surface area (Å²) in [5.74, 6) is 1.46. The average molecular weight is 210 g/mol. The van der Waals surface area contributed by atoms with Crippen molar-refractivity contribution in [3.63, 3.8) is 0 Å². The molecule has 0 N–H and O–H groups in total. The van der Waals surface area contributed by atoms with Gasteiger partial charge >= 0.3 is 5.97 Å². The molecule has 1 aromatic rings. The van der Waals surface area contributed by atoms with Gasteiger partial charge in [-0.25, -0.2) is 0 Å². The Morgan fingerprint density at radius 1 is 1.60 bits per heavy atom. The summed E-state index contributed by atoms with van der Waals surface area (Å²) in [5.41, 5.74) is 0. The number of rotatable bonds is 5. The monoisotopic (exact) mass is 210 g/mol. The van der Waals surface area contributed by atoms with Crippen LogP contribution >= 0.6 is 0 Å². The zero-order valence-electron chi connectivity index (χ0n) is 8.73. The van der Waals surface area contributed by atoms with Crippen molar-refractivity contribution in [2.24, 2.45) is 5.92 Å². The molecule has 82 valence electrons. The van der Waals surface area contributed by atoms with Gasteiger partial charge in [0.05, 0.1) is 6.61 Å². The summed E-state index contributed by atoms with van der Waals surface area (Å²) in [5, 5.41) is 3.82. The molecule has 2 rings (SSSR count). The zero-order chi connectivity index (χ0) is 10.7. The Bertz CT molecular complexity index is 344. The van der Waals surface area contributed by atoms with Gasteiger partial charge in [-0.15, -0.1) is 0 Å². The first-order valence-corrected chi connectivity index (χ1v) is 5.25. The lowest BCUT2D eigenvalue weighted by Crippen LogP contribution is -2.07. The summed E-state index contributed by atoms with van der Waals surface area (Å²) in [6.07, 6.45) is 3.45. The topological polar surface area (TPSA) is 65.2 Å². The molecule has 0 aliphatic heterocycles. The predicted octanol–water partition coefficient (Wildman–Crippen LogP) is 1.13. The van der Waals surface area contributed by atoms with Crippen LogP contribution in [0, 0.1) is 5.92 Å². The van der Waals surface area contributed by atoms with E-state index in [0.29, 0.717) is 18.3 Å². The first-order chi connectivity index (χ1) is 7.28. The number of carbonyl (C=O) groups is 1. The van der Waals surface area contributed by atoms with E-state index in [9.17, 15) is 4.79 Å². The smallest absolute Gasteiger partial charge is 0.315 e. The summed E-state index contributed by atoms with van der Waals surface area (Å²) < 4.78 is 9.73. The molecule has 0 spiro atoms. The number of ether oxygens (including phenoxy) is 1. The van der Waals surface area contributed by atoms with Gasteiger partial charge in [-0.2, -0.15) is 4.98 Å². The van der Waals surface area contributed by atoms with Crippen LogP contribution < -0.4 is 0 Å². The van der Waals surface area contributed by atoms with Gasteiger partial charge < -0.3 is 9.26 Å². The SMILES string of the molecule is CCOC(=O)Cc1nc(CC2CC2)no1. The summed E-state index contributed by atoms with van der Waals surface area (Å²) >= 11 is 0. The fourth-order valence-electron chi connectivity index (χ4n) is 1.36. The van der Waals surface area contributed by atoms with Crippen LogP contribution in [0.1, 0.15) is 31.5 Å². The number of hydrogen-bond donors (Lipinski definition) is 0. The van der Waals surface area contributed by atoms with Crippen LogP contribution in [0.5, 0.6) is 0 Å². The lowest BCUT2D eigenvalue weighted by molar-refractivity contribution is -0.142. The molecule has 1 aliphatic rings. The van der Waals surface area contributed by atoms with Crippen LogP contribution in [0.3, 0.4) is 0 Å². The number of nitrogens with zero attached hydrogens (tertiary/aromatic N) is 2. The summed E-state index contributed by atoms with van der Waals surface area (Å²) in [7, 11) is 0. The second-order valence-electron chi connectivity index (χ2n) is 3.73. The highest BCUT2D eigenvalue weighted by Gasteiger charge is 2.24. The fraction of sp³-hybridized carbons (Fsp3) is 0.700. The van der Waals surface area contributed by atoms with Gasteiger partial charge in [0.1, 0.15) is 6.42 Å². The molecule has 0 unspecified atom stereocenters. The average Bonchev–Trinajstić information content (AvgIpc) is 2.88. The normalized spacial score (nSPS) is 15.3. The summed E-state index contributed by atoms with van der Waals surface area (Å²) in [6.45, 7) is 2.14. The molecule has 5 heteroatoms. The third kappa shape index (κ3) is 3.04. The Labute approximate surface area is 87.8 Å². The van der Waals surface area contributed by atoms with E-state index in [1.807, 2.05) is 0 Å². The highest BCUT2D eigenvalue weighted by atomic mass is 16.5. The second kappa shape index (κ2) is 4.42. The predicted molar refractivity (Wildman–Crippen MR) is 51.1 cm³/mol. The third-order valence-electron chi connectivity index (χ3n) is 2.28. The van der Waals surface area contributed by atoms with E-state index < -0.39 is 0 Å². The van der Waals surface area contributed by atoms with Gasteiger partial charge in [0.15, 0.2) is 5.82 Å². The molecule has 1 aliphatic carbocycles. The van der Waals surface area contributed by atoms with Crippen LogP contribution in [0.2, 0.25) is 0 Å². The molecule has 0 radical (unpaired) electrons. The van der Waals surface area contributed by atoms with E-state index in [1.54, 1.807) is 6.92 Å². The molecule has 0 amide bonds. The van der Waals surface area contributed by atoms with Crippen LogP contribution in [-0.2, 0) is 22.4 Å². The minimum atomic E-state index is -0.320. The van der Waals surface area contributed by atoms with Gasteiger partial charge in [-0.3, -0.25) is 4.79 Å². The Balaban J connectivity index is 1.85. The molecular weight excluding hydrogens is 196 g/mol. The van der Waals surface area contributed by atoms with Crippen molar-refractivity contribution in [2.75, 3.05) is 6.61 Å². The van der Waals surface area contributed by atoms with Crippen molar-refractivity contribution < 1.29 is 14.1 Å². The molecular formula is C10H14N2O3. The van der Waals surface area contributed by atoms with Gasteiger partial charge in [-0.1, -0.05) is 5.16 Å². The maximum atomic E-state index is 11.1. The third-order valence-corrected chi connectivity index (χ3v) is 2.28. The van der Waals surface area contributed by atoms with Gasteiger partial charge in [0.2, 0.25) is 5.89 Å². The summed E-state index contributed by atoms with van der Waals surface area (Å²) in [4.78, 5) is 15.2. The lowest BCUT2D eigenvalue weighted by atomic mass is 10.3. The van der Waals surface area contributed by atoms with E-state index in [-0.39, 0.29) is 12.4 Å². The molecule has 1 fully saturated rings. The standard InChI is InChI=1S/C10H14N2O3/c1-2-14-10(13)6-9-11-8(12-15-9)5-7-3-4-7/h7H,2-6H2,1H3. The van der Waals surface area contributed by atoms with Crippen LogP contribution in [0.4, 0.5) is 0 Å². The quantitative estimate of drug-likeness (QED) is 0.681. The van der Waals surface area contributed by atoms with Crippen molar-refractivity contribution in [1.29, 1.82) is 0 Å². The highest BCUT2D eigenvalue weighted by molar-refractivity contribution is 5.71. The van der Waals surface area contributed by atoms with E-state index >= 15 is 0 Å². The number of hydrogen-bond acceptors (Lipinski definition) is 5. The van der Waals surface area contributed by atoms with Gasteiger partial charge in [0.25, 0.3) is 0 Å². The van der Waals surface area contributed by atoms with E-state index in [1.165, 1.54) is 12.8 Å². The van der Waals surface area contributed by atoms with Crippen LogP contribution in [0.25, 0.3) is 0 Å². The van der Waals surface area contributed by atoms with E-state index in [2.05, 4.69) is 10.1 Å². The van der Waals surface area contributed by atoms with E-state index in [0.717, 1.165) is 12.3 Å². The van der Waals surface area contributed by atoms with E-state index in [4.69, 9.17) is 9.26 Å². The molecule has 0 saturated heterocycles. The Morgan fingerprint density at radius 3 is 3.07 bits per heavy atom. The lowest BCUT2D eigenvalue weighted by Gasteiger charge is -1.96. The number of carbonyl (C=O) groups excluding carboxylic acids is 1. The minimum Gasteiger partial charge on any atom is -0.466 e. The molecule has 5 nitrogen and oxygen atoms in total. The van der Waals surface area contributed by atoms with Crippen molar-refractivity contribution in [3.8, 4) is 0 Å². The molecule has 1 aromatic heterocycles. The van der Waals surface area contributed by atoms with Crippen molar-refractivity contribution in [2.45, 2.75) is 32.6 Å². The molecule has 1 heterocycles. The Kier molecular flexibility index (Phi) is 2.99. The molecule has 1 saturated carbocycles. The van der Waals surface area contributed by atoms with Crippen molar-refractivity contribution in [1.82, 2.24) is 10.1 Å². The molecule has 15 heavy (non-hydrogen) atoms. The van der Waals surface area contributed by atoms with Crippen LogP contribution in [0.15, 0.2) is 4.52 Å². The maximum absolute atomic E-state index is 11.1. The van der Waals surface area contributed by atoms with Crippen molar-refractivity contribution >= 4 is 5.97 Å². The van der Waals surface area contributed by atoms with Gasteiger partial charge in [-0.05, 0) is 25.7 Å². The largest absolute Gasteiger partial charge is 0.466 e. The minimum absolute atomic E-state index is 0.0749. The zero-order valence-corrected chi connectivity index (χ0v) is 8.73. The second-order valence-corrected chi connectivity index (χ2v) is 3.73.